The van der Waals surface area contributed by atoms with Crippen LogP contribution in [0.3, 0.4) is 0 Å². The Balaban J connectivity index is 2.07. The second-order valence-corrected chi connectivity index (χ2v) is 5.30. The standard InChI is InChI=1S/C12H18ClN5O2/c1-3-17-5-4-9(7-17)6-14-11-10(18(19)20)8(2)15-12(13)16-11/h9H,3-7H2,1-2H3,(H,14,15,16). The topological polar surface area (TPSA) is 84.2 Å². The van der Waals surface area contributed by atoms with Crippen LogP contribution in [-0.2, 0) is 0 Å². The summed E-state index contributed by atoms with van der Waals surface area (Å²) in [6, 6.07) is 0. The maximum absolute atomic E-state index is 11.1. The third-order valence-corrected chi connectivity index (χ3v) is 3.76. The van der Waals surface area contributed by atoms with Gasteiger partial charge in [-0.1, -0.05) is 6.92 Å². The number of hydrogen-bond acceptors (Lipinski definition) is 6. The lowest BCUT2D eigenvalue weighted by molar-refractivity contribution is -0.385. The molecular weight excluding hydrogens is 282 g/mol. The predicted molar refractivity (Wildman–Crippen MR) is 77.1 cm³/mol. The molecule has 0 radical (unpaired) electrons. The minimum Gasteiger partial charge on any atom is -0.364 e. The van der Waals surface area contributed by atoms with Gasteiger partial charge in [-0.25, -0.2) is 4.98 Å². The maximum Gasteiger partial charge on any atom is 0.332 e. The van der Waals surface area contributed by atoms with E-state index in [4.69, 9.17) is 11.6 Å². The second kappa shape index (κ2) is 6.32. The van der Waals surface area contributed by atoms with Crippen LogP contribution in [-0.4, -0.2) is 46.0 Å². The van der Waals surface area contributed by atoms with Crippen molar-refractivity contribution >= 4 is 23.1 Å². The molecule has 8 heteroatoms. The van der Waals surface area contributed by atoms with E-state index in [0.29, 0.717) is 12.5 Å². The van der Waals surface area contributed by atoms with Crippen LogP contribution < -0.4 is 5.32 Å². The van der Waals surface area contributed by atoms with Crippen LogP contribution >= 0.6 is 11.6 Å². The highest BCUT2D eigenvalue weighted by atomic mass is 35.5. The van der Waals surface area contributed by atoms with Crippen molar-refractivity contribution in [3.8, 4) is 0 Å². The molecule has 0 saturated carbocycles. The van der Waals surface area contributed by atoms with Gasteiger partial charge in [-0.15, -0.1) is 0 Å². The van der Waals surface area contributed by atoms with Crippen molar-refractivity contribution < 1.29 is 4.92 Å². The van der Waals surface area contributed by atoms with E-state index in [1.807, 2.05) is 0 Å². The van der Waals surface area contributed by atoms with Gasteiger partial charge in [0.1, 0.15) is 5.69 Å². The molecular formula is C12H18ClN5O2. The highest BCUT2D eigenvalue weighted by Gasteiger charge is 2.25. The molecule has 20 heavy (non-hydrogen) atoms. The summed E-state index contributed by atoms with van der Waals surface area (Å²) in [5.41, 5.74) is 0.179. The quantitative estimate of drug-likeness (QED) is 0.509. The van der Waals surface area contributed by atoms with Gasteiger partial charge < -0.3 is 10.2 Å². The van der Waals surface area contributed by atoms with E-state index in [1.165, 1.54) is 0 Å². The molecule has 0 bridgehead atoms. The average molecular weight is 300 g/mol. The van der Waals surface area contributed by atoms with E-state index in [9.17, 15) is 10.1 Å². The molecule has 1 aromatic heterocycles. The Kier molecular flexibility index (Phi) is 4.72. The number of nitrogens with one attached hydrogen (secondary N) is 1. The first-order valence-electron chi connectivity index (χ1n) is 6.66. The molecule has 0 aromatic carbocycles. The zero-order valence-electron chi connectivity index (χ0n) is 11.6. The molecule has 0 spiro atoms. The van der Waals surface area contributed by atoms with E-state index in [1.54, 1.807) is 6.92 Å². The maximum atomic E-state index is 11.1. The normalized spacial score (nSPS) is 19.2. The van der Waals surface area contributed by atoms with Crippen LogP contribution in [0.15, 0.2) is 0 Å². The molecule has 0 aliphatic carbocycles. The highest BCUT2D eigenvalue weighted by Crippen LogP contribution is 2.27. The van der Waals surface area contributed by atoms with E-state index in [0.717, 1.165) is 26.1 Å². The first-order chi connectivity index (χ1) is 9.51. The van der Waals surface area contributed by atoms with Gasteiger partial charge >= 0.3 is 5.69 Å². The molecule has 2 rings (SSSR count). The molecule has 1 saturated heterocycles. The van der Waals surface area contributed by atoms with Crippen LogP contribution in [0.25, 0.3) is 0 Å². The molecule has 1 atom stereocenters. The summed E-state index contributed by atoms with van der Waals surface area (Å²) in [6.45, 7) is 7.47. The smallest absolute Gasteiger partial charge is 0.332 e. The number of anilines is 1. The summed E-state index contributed by atoms with van der Waals surface area (Å²) >= 11 is 5.77. The van der Waals surface area contributed by atoms with Crippen molar-refractivity contribution in [3.63, 3.8) is 0 Å². The Hall–Kier alpha value is -1.47. The zero-order chi connectivity index (χ0) is 14.7. The van der Waals surface area contributed by atoms with Crippen LogP contribution in [0.4, 0.5) is 11.5 Å². The number of aromatic nitrogens is 2. The molecule has 1 aliphatic rings. The van der Waals surface area contributed by atoms with Gasteiger partial charge in [0.05, 0.1) is 4.92 Å². The number of nitro groups is 1. The molecule has 7 nitrogen and oxygen atoms in total. The van der Waals surface area contributed by atoms with Gasteiger partial charge in [0.15, 0.2) is 0 Å². The zero-order valence-corrected chi connectivity index (χ0v) is 12.4. The first-order valence-corrected chi connectivity index (χ1v) is 7.03. The Morgan fingerprint density at radius 1 is 1.55 bits per heavy atom. The Labute approximate surface area is 122 Å². The number of aryl methyl sites for hydroxylation is 1. The van der Waals surface area contributed by atoms with Gasteiger partial charge in [0, 0.05) is 13.1 Å². The molecule has 1 fully saturated rings. The third kappa shape index (κ3) is 3.34. The third-order valence-electron chi connectivity index (χ3n) is 3.59. The fourth-order valence-corrected chi connectivity index (χ4v) is 2.69. The predicted octanol–water partition coefficient (Wildman–Crippen LogP) is 2.10. The SMILES string of the molecule is CCN1CCC(CNc2nc(Cl)nc(C)c2[N+](=O)[O-])C1. The van der Waals surface area contributed by atoms with Crippen LogP contribution in [0.1, 0.15) is 19.0 Å². The van der Waals surface area contributed by atoms with Gasteiger partial charge in [-0.2, -0.15) is 4.98 Å². The fraction of sp³-hybridized carbons (Fsp3) is 0.667. The van der Waals surface area contributed by atoms with Crippen molar-refractivity contribution in [2.75, 3.05) is 31.5 Å². The number of halogens is 1. The number of hydrogen-bond donors (Lipinski definition) is 1. The fourth-order valence-electron chi connectivity index (χ4n) is 2.48. The first kappa shape index (κ1) is 14.9. The minimum absolute atomic E-state index is 0.0252. The lowest BCUT2D eigenvalue weighted by Crippen LogP contribution is -2.23. The summed E-state index contributed by atoms with van der Waals surface area (Å²) in [7, 11) is 0. The lowest BCUT2D eigenvalue weighted by Gasteiger charge is -2.14. The number of likely N-dealkylation sites (tertiary alicyclic amines) is 1. The van der Waals surface area contributed by atoms with Crippen molar-refractivity contribution in [1.82, 2.24) is 14.9 Å². The Morgan fingerprint density at radius 3 is 2.90 bits per heavy atom. The van der Waals surface area contributed by atoms with Crippen molar-refractivity contribution in [2.24, 2.45) is 5.92 Å². The Bertz CT molecular complexity index is 511. The van der Waals surface area contributed by atoms with Crippen molar-refractivity contribution in [3.05, 3.63) is 21.1 Å². The summed E-state index contributed by atoms with van der Waals surface area (Å²) < 4.78 is 0. The van der Waals surface area contributed by atoms with E-state index >= 15 is 0 Å². The molecule has 1 N–H and O–H groups in total. The van der Waals surface area contributed by atoms with Crippen LogP contribution in [0, 0.1) is 23.0 Å². The molecule has 2 heterocycles. The van der Waals surface area contributed by atoms with E-state index in [-0.39, 0.29) is 22.5 Å². The van der Waals surface area contributed by atoms with Crippen molar-refractivity contribution in [2.45, 2.75) is 20.3 Å². The summed E-state index contributed by atoms with van der Waals surface area (Å²) in [5, 5.41) is 14.2. The summed E-state index contributed by atoms with van der Waals surface area (Å²) in [6.07, 6.45) is 1.09. The highest BCUT2D eigenvalue weighted by molar-refractivity contribution is 6.28. The van der Waals surface area contributed by atoms with Gasteiger partial charge in [-0.05, 0) is 44.0 Å². The second-order valence-electron chi connectivity index (χ2n) is 4.96. The summed E-state index contributed by atoms with van der Waals surface area (Å²) in [4.78, 5) is 20.7. The minimum atomic E-state index is -0.471. The van der Waals surface area contributed by atoms with Gasteiger partial charge in [0.25, 0.3) is 0 Å². The van der Waals surface area contributed by atoms with E-state index < -0.39 is 4.92 Å². The number of nitrogens with zero attached hydrogens (tertiary/aromatic N) is 4. The van der Waals surface area contributed by atoms with Gasteiger partial charge in [-0.3, -0.25) is 10.1 Å². The largest absolute Gasteiger partial charge is 0.364 e. The molecule has 110 valence electrons. The molecule has 1 unspecified atom stereocenters. The lowest BCUT2D eigenvalue weighted by atomic mass is 10.1. The molecule has 0 amide bonds. The Morgan fingerprint density at radius 2 is 2.30 bits per heavy atom. The monoisotopic (exact) mass is 299 g/mol. The van der Waals surface area contributed by atoms with Crippen molar-refractivity contribution in [1.29, 1.82) is 0 Å². The molecule has 1 aromatic rings. The van der Waals surface area contributed by atoms with Crippen LogP contribution in [0.5, 0.6) is 0 Å². The summed E-state index contributed by atoms with van der Waals surface area (Å²) in [5.74, 6) is 0.686. The average Bonchev–Trinajstić information content (AvgIpc) is 2.82. The van der Waals surface area contributed by atoms with E-state index in [2.05, 4.69) is 27.1 Å². The van der Waals surface area contributed by atoms with Gasteiger partial charge in [0.2, 0.25) is 11.1 Å². The van der Waals surface area contributed by atoms with Crippen LogP contribution in [0.2, 0.25) is 5.28 Å². The molecule has 1 aliphatic heterocycles. The number of rotatable bonds is 5.